The normalized spacial score (nSPS) is 14.9. The Morgan fingerprint density at radius 3 is 2.62 bits per heavy atom. The molecule has 48 valence electrons. The van der Waals surface area contributed by atoms with Crippen LogP contribution in [0.5, 0.6) is 0 Å². The summed E-state index contributed by atoms with van der Waals surface area (Å²) in [6.07, 6.45) is 3.63. The number of rotatable bonds is 3. The van der Waals surface area contributed by atoms with Crippen molar-refractivity contribution in [2.45, 2.75) is 19.4 Å². The first-order chi connectivity index (χ1) is 3.81. The van der Waals surface area contributed by atoms with E-state index in [1.54, 1.807) is 6.08 Å². The number of aliphatic hydroxyl groups excluding tert-OH is 2. The molecule has 0 aliphatic rings. The molecule has 0 fully saturated rings. The fourth-order valence-corrected chi connectivity index (χ4v) is 0.354. The molecule has 0 bridgehead atoms. The average molecular weight is 116 g/mol. The molecule has 0 rings (SSSR count). The van der Waals surface area contributed by atoms with Crippen molar-refractivity contribution in [1.82, 2.24) is 0 Å². The van der Waals surface area contributed by atoms with Crippen molar-refractivity contribution in [3.63, 3.8) is 0 Å². The van der Waals surface area contributed by atoms with Gasteiger partial charge in [-0.25, -0.2) is 0 Å². The summed E-state index contributed by atoms with van der Waals surface area (Å²) in [6.45, 7) is 1.79. The van der Waals surface area contributed by atoms with Crippen LogP contribution in [-0.4, -0.2) is 22.9 Å². The summed E-state index contributed by atoms with van der Waals surface area (Å²) in [5.41, 5.74) is 0. The molecule has 0 aliphatic carbocycles. The highest BCUT2D eigenvalue weighted by molar-refractivity contribution is 4.86. The Kier molecular flexibility index (Phi) is 4.61. The summed E-state index contributed by atoms with van der Waals surface area (Å²) in [5, 5.41) is 16.9. The molecule has 0 saturated carbocycles. The van der Waals surface area contributed by atoms with Gasteiger partial charge in [-0.05, 0) is 6.42 Å². The Balaban J connectivity index is 3.21. The van der Waals surface area contributed by atoms with Crippen molar-refractivity contribution in [3.8, 4) is 0 Å². The molecule has 0 aromatic heterocycles. The summed E-state index contributed by atoms with van der Waals surface area (Å²) < 4.78 is 0. The summed E-state index contributed by atoms with van der Waals surface area (Å²) in [5.74, 6) is 0. The first kappa shape index (κ1) is 7.66. The second kappa shape index (κ2) is 4.81. The SMILES string of the molecule is CC/C=C/[C@@H](O)CO. The fourth-order valence-electron chi connectivity index (χ4n) is 0.354. The molecule has 0 saturated heterocycles. The minimum absolute atomic E-state index is 0.184. The van der Waals surface area contributed by atoms with E-state index in [1.807, 2.05) is 13.0 Å². The maximum Gasteiger partial charge on any atom is 0.0951 e. The van der Waals surface area contributed by atoms with E-state index in [1.165, 1.54) is 0 Å². The summed E-state index contributed by atoms with van der Waals surface area (Å²) in [6, 6.07) is 0. The van der Waals surface area contributed by atoms with E-state index in [9.17, 15) is 0 Å². The van der Waals surface area contributed by atoms with Crippen LogP contribution >= 0.6 is 0 Å². The van der Waals surface area contributed by atoms with E-state index in [2.05, 4.69) is 0 Å². The molecule has 1 atom stereocenters. The Hall–Kier alpha value is -0.340. The minimum atomic E-state index is -0.671. The molecule has 0 radical (unpaired) electrons. The molecule has 8 heavy (non-hydrogen) atoms. The summed E-state index contributed by atoms with van der Waals surface area (Å²) in [4.78, 5) is 0. The van der Waals surface area contributed by atoms with E-state index in [0.29, 0.717) is 0 Å². The van der Waals surface area contributed by atoms with E-state index in [0.717, 1.165) is 6.42 Å². The maximum absolute atomic E-state index is 8.65. The molecular formula is C6H12O2. The minimum Gasteiger partial charge on any atom is -0.393 e. The summed E-state index contributed by atoms with van der Waals surface area (Å²) >= 11 is 0. The molecule has 0 aliphatic heterocycles. The van der Waals surface area contributed by atoms with Gasteiger partial charge in [-0.1, -0.05) is 19.1 Å². The third-order valence-electron chi connectivity index (χ3n) is 0.781. The Bertz CT molecular complexity index is 68.9. The molecule has 0 amide bonds. The molecule has 0 heterocycles. The molecule has 0 aromatic carbocycles. The van der Waals surface area contributed by atoms with Crippen LogP contribution in [0.1, 0.15) is 13.3 Å². The average Bonchev–Trinajstić information content (AvgIpc) is 1.83. The van der Waals surface area contributed by atoms with Crippen molar-refractivity contribution in [3.05, 3.63) is 12.2 Å². The van der Waals surface area contributed by atoms with Crippen LogP contribution in [0.2, 0.25) is 0 Å². The molecule has 0 unspecified atom stereocenters. The van der Waals surface area contributed by atoms with Gasteiger partial charge in [0.25, 0.3) is 0 Å². The van der Waals surface area contributed by atoms with Crippen LogP contribution in [0.15, 0.2) is 12.2 Å². The van der Waals surface area contributed by atoms with Gasteiger partial charge in [0.2, 0.25) is 0 Å². The van der Waals surface area contributed by atoms with E-state index < -0.39 is 6.10 Å². The number of hydrogen-bond donors (Lipinski definition) is 2. The zero-order chi connectivity index (χ0) is 6.41. The second-order valence-electron chi connectivity index (χ2n) is 1.59. The molecule has 2 nitrogen and oxygen atoms in total. The van der Waals surface area contributed by atoms with Gasteiger partial charge in [0, 0.05) is 0 Å². The van der Waals surface area contributed by atoms with Crippen molar-refractivity contribution < 1.29 is 10.2 Å². The lowest BCUT2D eigenvalue weighted by Crippen LogP contribution is -2.06. The quantitative estimate of drug-likeness (QED) is 0.521. The molecular weight excluding hydrogens is 104 g/mol. The van der Waals surface area contributed by atoms with Crippen molar-refractivity contribution in [2.24, 2.45) is 0 Å². The van der Waals surface area contributed by atoms with E-state index in [4.69, 9.17) is 10.2 Å². The van der Waals surface area contributed by atoms with Crippen LogP contribution in [0, 0.1) is 0 Å². The predicted octanol–water partition coefficient (Wildman–Crippen LogP) is 0.306. The van der Waals surface area contributed by atoms with Gasteiger partial charge in [0.05, 0.1) is 12.7 Å². The fraction of sp³-hybridized carbons (Fsp3) is 0.667. The molecule has 2 N–H and O–H groups in total. The van der Waals surface area contributed by atoms with Gasteiger partial charge < -0.3 is 10.2 Å². The van der Waals surface area contributed by atoms with Crippen molar-refractivity contribution in [2.75, 3.05) is 6.61 Å². The van der Waals surface area contributed by atoms with Crippen LogP contribution in [0.4, 0.5) is 0 Å². The van der Waals surface area contributed by atoms with Gasteiger partial charge >= 0.3 is 0 Å². The number of aliphatic hydroxyl groups is 2. The third kappa shape index (κ3) is 3.84. The summed E-state index contributed by atoms with van der Waals surface area (Å²) in [7, 11) is 0. The lowest BCUT2D eigenvalue weighted by molar-refractivity contribution is 0.131. The predicted molar refractivity (Wildman–Crippen MR) is 32.5 cm³/mol. The second-order valence-corrected chi connectivity index (χ2v) is 1.59. The topological polar surface area (TPSA) is 40.5 Å². The number of hydrogen-bond acceptors (Lipinski definition) is 2. The highest BCUT2D eigenvalue weighted by Crippen LogP contribution is 1.85. The monoisotopic (exact) mass is 116 g/mol. The molecule has 0 spiro atoms. The van der Waals surface area contributed by atoms with Gasteiger partial charge in [-0.3, -0.25) is 0 Å². The molecule has 2 heteroatoms. The van der Waals surface area contributed by atoms with E-state index >= 15 is 0 Å². The third-order valence-corrected chi connectivity index (χ3v) is 0.781. The zero-order valence-electron chi connectivity index (χ0n) is 5.04. The van der Waals surface area contributed by atoms with Crippen molar-refractivity contribution in [1.29, 1.82) is 0 Å². The van der Waals surface area contributed by atoms with Gasteiger partial charge in [-0.2, -0.15) is 0 Å². The van der Waals surface area contributed by atoms with Crippen LogP contribution in [0.3, 0.4) is 0 Å². The van der Waals surface area contributed by atoms with Crippen LogP contribution in [-0.2, 0) is 0 Å². The smallest absolute Gasteiger partial charge is 0.0951 e. The highest BCUT2D eigenvalue weighted by atomic mass is 16.3. The Labute approximate surface area is 49.5 Å². The lowest BCUT2D eigenvalue weighted by Gasteiger charge is -1.95. The standard InChI is InChI=1S/C6H12O2/c1-2-3-4-6(8)5-7/h3-4,6-8H,2,5H2,1H3/b4-3+/t6-/m1/s1. The van der Waals surface area contributed by atoms with E-state index in [-0.39, 0.29) is 6.61 Å². The Morgan fingerprint density at radius 2 is 2.25 bits per heavy atom. The largest absolute Gasteiger partial charge is 0.393 e. The maximum atomic E-state index is 8.65. The highest BCUT2D eigenvalue weighted by Gasteiger charge is 1.90. The van der Waals surface area contributed by atoms with Crippen molar-refractivity contribution >= 4 is 0 Å². The number of allylic oxidation sites excluding steroid dienone is 1. The van der Waals surface area contributed by atoms with Crippen LogP contribution < -0.4 is 0 Å². The first-order valence-corrected chi connectivity index (χ1v) is 2.76. The Morgan fingerprint density at radius 1 is 1.62 bits per heavy atom. The first-order valence-electron chi connectivity index (χ1n) is 2.76. The lowest BCUT2D eigenvalue weighted by atomic mass is 10.3. The van der Waals surface area contributed by atoms with Gasteiger partial charge in [0.1, 0.15) is 0 Å². The zero-order valence-corrected chi connectivity index (χ0v) is 5.04. The molecule has 0 aromatic rings. The van der Waals surface area contributed by atoms with Gasteiger partial charge in [-0.15, -0.1) is 0 Å². The van der Waals surface area contributed by atoms with Crippen LogP contribution in [0.25, 0.3) is 0 Å². The van der Waals surface area contributed by atoms with Gasteiger partial charge in [0.15, 0.2) is 0 Å².